The Labute approximate surface area is 202 Å². The number of nitrogens with one attached hydrogen (secondary N) is 1. The van der Waals surface area contributed by atoms with Crippen LogP contribution in [0.1, 0.15) is 25.8 Å². The molecule has 1 N–H and O–H groups in total. The summed E-state index contributed by atoms with van der Waals surface area (Å²) in [6.45, 7) is 3.50. The molecule has 1 aliphatic rings. The van der Waals surface area contributed by atoms with Gasteiger partial charge in [0.25, 0.3) is 11.6 Å². The van der Waals surface area contributed by atoms with E-state index in [0.717, 1.165) is 16.7 Å². The Balaban J connectivity index is 1.48. The van der Waals surface area contributed by atoms with Crippen molar-refractivity contribution in [2.45, 2.75) is 38.3 Å². The maximum Gasteiger partial charge on any atom is 0.325 e. The maximum absolute atomic E-state index is 12.9. The minimum Gasteiger partial charge on any atom is -0.491 e. The zero-order valence-corrected chi connectivity index (χ0v) is 19.5. The van der Waals surface area contributed by atoms with Crippen LogP contribution >= 0.6 is 0 Å². The Bertz CT molecular complexity index is 1230. The summed E-state index contributed by atoms with van der Waals surface area (Å²) in [6.07, 6.45) is 4.60. The van der Waals surface area contributed by atoms with E-state index < -0.39 is 22.5 Å². The summed E-state index contributed by atoms with van der Waals surface area (Å²) >= 11 is 0. The first-order chi connectivity index (χ1) is 16.7. The second-order valence-electron chi connectivity index (χ2n) is 8.92. The molecule has 2 aromatic carbocycles. The molecule has 0 bridgehead atoms. The molecule has 0 aliphatic carbocycles. The zero-order chi connectivity index (χ0) is 25.0. The van der Waals surface area contributed by atoms with Crippen molar-refractivity contribution >= 4 is 17.6 Å². The first-order valence-corrected chi connectivity index (χ1v) is 11.3. The average Bonchev–Trinajstić information content (AvgIpc) is 3.06. The van der Waals surface area contributed by atoms with Crippen molar-refractivity contribution in [2.24, 2.45) is 0 Å². The van der Waals surface area contributed by atoms with Crippen LogP contribution in [0.25, 0.3) is 11.1 Å². The predicted octanol–water partition coefficient (Wildman–Crippen LogP) is 4.37. The monoisotopic (exact) mass is 474 g/mol. The third-order valence-electron chi connectivity index (χ3n) is 5.96. The van der Waals surface area contributed by atoms with Gasteiger partial charge < -0.3 is 10.1 Å². The van der Waals surface area contributed by atoms with Crippen molar-refractivity contribution in [3.63, 3.8) is 0 Å². The minimum atomic E-state index is -0.966. The molecule has 9 nitrogen and oxygen atoms in total. The van der Waals surface area contributed by atoms with Crippen molar-refractivity contribution in [1.82, 2.24) is 15.2 Å². The summed E-state index contributed by atoms with van der Waals surface area (Å²) in [5.41, 5.74) is 1.65. The molecule has 180 valence electrons. The molecule has 1 aliphatic heterocycles. The molecule has 9 heteroatoms. The van der Waals surface area contributed by atoms with Crippen molar-refractivity contribution < 1.29 is 19.2 Å². The Hall–Kier alpha value is -4.27. The number of amides is 3. The van der Waals surface area contributed by atoms with Crippen molar-refractivity contribution in [1.29, 1.82) is 0 Å². The molecule has 1 aromatic heterocycles. The number of urea groups is 1. The topological polar surface area (TPSA) is 115 Å². The highest BCUT2D eigenvalue weighted by atomic mass is 16.6. The smallest absolute Gasteiger partial charge is 0.325 e. The highest BCUT2D eigenvalue weighted by Gasteiger charge is 2.47. The Morgan fingerprint density at radius 1 is 1.06 bits per heavy atom. The summed E-state index contributed by atoms with van der Waals surface area (Å²) in [5.74, 6) is 0.284. The van der Waals surface area contributed by atoms with Crippen LogP contribution in [0.15, 0.2) is 73.1 Å². The number of non-ortho nitro benzene ring substituents is 1. The Morgan fingerprint density at radius 2 is 1.77 bits per heavy atom. The number of imide groups is 1. The fourth-order valence-corrected chi connectivity index (χ4v) is 4.01. The van der Waals surface area contributed by atoms with Gasteiger partial charge in [0.05, 0.1) is 11.0 Å². The fraction of sp³-hybridized carbons (Fsp3) is 0.269. The average molecular weight is 475 g/mol. The molecule has 1 unspecified atom stereocenters. The van der Waals surface area contributed by atoms with Crippen LogP contribution in [0.5, 0.6) is 5.75 Å². The van der Waals surface area contributed by atoms with Crippen molar-refractivity contribution in [3.05, 3.63) is 88.7 Å². The molecule has 1 atom stereocenters. The SMILES string of the molecule is CC1(C)NC(=O)N(C(CCc2ccncc2)COc2ccc(-c3cccc([N+](=O)[O-])c3)cc2)C1=O. The van der Waals surface area contributed by atoms with E-state index in [1.54, 1.807) is 50.5 Å². The largest absolute Gasteiger partial charge is 0.491 e. The van der Waals surface area contributed by atoms with Crippen LogP contribution in [-0.4, -0.2) is 44.9 Å². The second kappa shape index (κ2) is 9.92. The normalized spacial score (nSPS) is 15.5. The van der Waals surface area contributed by atoms with Gasteiger partial charge in [-0.3, -0.25) is 24.8 Å². The molecule has 0 spiro atoms. The summed E-state index contributed by atoms with van der Waals surface area (Å²) in [5, 5.41) is 13.8. The van der Waals surface area contributed by atoms with Gasteiger partial charge in [-0.05, 0) is 67.6 Å². The third-order valence-corrected chi connectivity index (χ3v) is 5.96. The third kappa shape index (κ3) is 5.46. The summed E-state index contributed by atoms with van der Waals surface area (Å²) in [7, 11) is 0. The Morgan fingerprint density at radius 3 is 2.40 bits per heavy atom. The van der Waals surface area contributed by atoms with Gasteiger partial charge in [-0.1, -0.05) is 24.3 Å². The maximum atomic E-state index is 12.9. The molecule has 0 saturated carbocycles. The molecular formula is C26H26N4O5. The van der Waals surface area contributed by atoms with Crippen LogP contribution < -0.4 is 10.1 Å². The quantitative estimate of drug-likeness (QED) is 0.280. The van der Waals surface area contributed by atoms with E-state index in [9.17, 15) is 19.7 Å². The summed E-state index contributed by atoms with van der Waals surface area (Å²) in [4.78, 5) is 41.4. The molecule has 3 aromatic rings. The minimum absolute atomic E-state index is 0.0244. The lowest BCUT2D eigenvalue weighted by Crippen LogP contribution is -2.46. The number of carbonyl (C=O) groups is 2. The number of rotatable bonds is 9. The molecule has 3 amide bonds. The lowest BCUT2D eigenvalue weighted by molar-refractivity contribution is -0.384. The number of hydrogen-bond donors (Lipinski definition) is 1. The van der Waals surface area contributed by atoms with Gasteiger partial charge in [-0.15, -0.1) is 0 Å². The number of carbonyl (C=O) groups excluding carboxylic acids is 2. The van der Waals surface area contributed by atoms with Gasteiger partial charge in [0.2, 0.25) is 0 Å². The first kappa shape index (κ1) is 23.9. The lowest BCUT2D eigenvalue weighted by Gasteiger charge is -2.26. The molecule has 1 saturated heterocycles. The van der Waals surface area contributed by atoms with Crippen LogP contribution in [0, 0.1) is 10.1 Å². The number of pyridine rings is 1. The van der Waals surface area contributed by atoms with E-state index in [4.69, 9.17) is 4.74 Å². The van der Waals surface area contributed by atoms with E-state index in [2.05, 4.69) is 10.3 Å². The molecule has 1 fully saturated rings. The van der Waals surface area contributed by atoms with Gasteiger partial charge in [0.1, 0.15) is 17.9 Å². The summed E-state index contributed by atoms with van der Waals surface area (Å²) in [6, 6.07) is 16.5. The van der Waals surface area contributed by atoms with E-state index in [1.807, 2.05) is 24.3 Å². The van der Waals surface area contributed by atoms with E-state index in [1.165, 1.54) is 17.0 Å². The van der Waals surface area contributed by atoms with Crippen molar-refractivity contribution in [3.8, 4) is 16.9 Å². The van der Waals surface area contributed by atoms with Crippen LogP contribution in [0.3, 0.4) is 0 Å². The highest BCUT2D eigenvalue weighted by molar-refractivity contribution is 6.06. The van der Waals surface area contributed by atoms with Gasteiger partial charge in [-0.25, -0.2) is 4.79 Å². The van der Waals surface area contributed by atoms with Crippen LogP contribution in [0.2, 0.25) is 0 Å². The van der Waals surface area contributed by atoms with Gasteiger partial charge in [0, 0.05) is 24.5 Å². The predicted molar refractivity (Wildman–Crippen MR) is 130 cm³/mol. The Kier molecular flexibility index (Phi) is 6.77. The van der Waals surface area contributed by atoms with E-state index in [-0.39, 0.29) is 18.2 Å². The number of nitro benzene ring substituents is 1. The number of aryl methyl sites for hydroxylation is 1. The molecule has 35 heavy (non-hydrogen) atoms. The number of nitrogens with zero attached hydrogens (tertiary/aromatic N) is 3. The zero-order valence-electron chi connectivity index (χ0n) is 19.5. The van der Waals surface area contributed by atoms with E-state index >= 15 is 0 Å². The number of nitro groups is 1. The second-order valence-corrected chi connectivity index (χ2v) is 8.92. The first-order valence-electron chi connectivity index (χ1n) is 11.3. The molecule has 0 radical (unpaired) electrons. The standard InChI is InChI=1S/C26H26N4O5/c1-26(2)24(31)29(25(32)28-26)22(9-6-18-12-14-27-15-13-18)17-35-23-10-7-19(8-11-23)20-4-3-5-21(16-20)30(33)34/h3-5,7-8,10-16,22H,6,9,17H2,1-2H3,(H,28,32). The number of hydrogen-bond acceptors (Lipinski definition) is 6. The number of ether oxygens (including phenoxy) is 1. The number of benzene rings is 2. The van der Waals surface area contributed by atoms with Crippen molar-refractivity contribution in [2.75, 3.05) is 6.61 Å². The van der Waals surface area contributed by atoms with Crippen LogP contribution in [-0.2, 0) is 11.2 Å². The van der Waals surface area contributed by atoms with Gasteiger partial charge in [-0.2, -0.15) is 0 Å². The molecule has 4 rings (SSSR count). The molecular weight excluding hydrogens is 448 g/mol. The lowest BCUT2D eigenvalue weighted by atomic mass is 10.0. The van der Waals surface area contributed by atoms with Gasteiger partial charge >= 0.3 is 6.03 Å². The summed E-state index contributed by atoms with van der Waals surface area (Å²) < 4.78 is 5.99. The number of aromatic nitrogens is 1. The van der Waals surface area contributed by atoms with Crippen LogP contribution in [0.4, 0.5) is 10.5 Å². The molecule has 2 heterocycles. The fourth-order valence-electron chi connectivity index (χ4n) is 4.01. The van der Waals surface area contributed by atoms with Gasteiger partial charge in [0.15, 0.2) is 0 Å². The highest BCUT2D eigenvalue weighted by Crippen LogP contribution is 2.27. The van der Waals surface area contributed by atoms with E-state index in [0.29, 0.717) is 18.6 Å².